The van der Waals surface area contributed by atoms with Crippen molar-refractivity contribution in [2.45, 2.75) is 10.9 Å². The summed E-state index contributed by atoms with van der Waals surface area (Å²) in [6, 6.07) is 12.3. The third-order valence-electron chi connectivity index (χ3n) is 3.53. The van der Waals surface area contributed by atoms with E-state index in [1.54, 1.807) is 18.2 Å². The van der Waals surface area contributed by atoms with Gasteiger partial charge in [0.05, 0.1) is 11.8 Å². The van der Waals surface area contributed by atoms with Crippen molar-refractivity contribution in [3.8, 4) is 0 Å². The lowest BCUT2D eigenvalue weighted by atomic mass is 10.1. The van der Waals surface area contributed by atoms with Crippen LogP contribution in [0.4, 0.5) is 8.78 Å². The standard InChI is InChI=1S/C18H20F2N2OS/c1-22(2)17(13-4-3-5-15(20)10-13)11-21-18(23)12-24-16-8-6-14(19)7-9-16/h3-10,17H,11-12H2,1-2H3,(H,21,23). The summed E-state index contributed by atoms with van der Waals surface area (Å²) in [4.78, 5) is 14.8. The van der Waals surface area contributed by atoms with Gasteiger partial charge in [-0.3, -0.25) is 4.79 Å². The van der Waals surface area contributed by atoms with Gasteiger partial charge in [-0.2, -0.15) is 0 Å². The molecule has 0 aromatic heterocycles. The van der Waals surface area contributed by atoms with E-state index in [-0.39, 0.29) is 29.3 Å². The van der Waals surface area contributed by atoms with Crippen LogP contribution in [0, 0.1) is 11.6 Å². The van der Waals surface area contributed by atoms with Crippen LogP contribution in [0.15, 0.2) is 53.4 Å². The molecule has 2 aromatic carbocycles. The van der Waals surface area contributed by atoms with Gasteiger partial charge in [-0.05, 0) is 56.1 Å². The van der Waals surface area contributed by atoms with Gasteiger partial charge in [-0.25, -0.2) is 8.78 Å². The maximum atomic E-state index is 13.4. The van der Waals surface area contributed by atoms with Gasteiger partial charge in [0, 0.05) is 11.4 Å². The minimum Gasteiger partial charge on any atom is -0.353 e. The molecule has 0 bridgehead atoms. The highest BCUT2D eigenvalue weighted by Crippen LogP contribution is 2.19. The van der Waals surface area contributed by atoms with Crippen LogP contribution in [-0.2, 0) is 4.79 Å². The van der Waals surface area contributed by atoms with Crippen LogP contribution >= 0.6 is 11.8 Å². The number of carbonyl (C=O) groups is 1. The van der Waals surface area contributed by atoms with Crippen LogP contribution in [0.2, 0.25) is 0 Å². The minimum atomic E-state index is -0.298. The Morgan fingerprint density at radius 1 is 1.12 bits per heavy atom. The first-order chi connectivity index (χ1) is 11.5. The Balaban J connectivity index is 1.87. The smallest absolute Gasteiger partial charge is 0.230 e. The number of rotatable bonds is 7. The third kappa shape index (κ3) is 5.62. The van der Waals surface area contributed by atoms with Gasteiger partial charge in [0.2, 0.25) is 5.91 Å². The molecule has 3 nitrogen and oxygen atoms in total. The largest absolute Gasteiger partial charge is 0.353 e. The van der Waals surface area contributed by atoms with Crippen molar-refractivity contribution in [2.24, 2.45) is 0 Å². The lowest BCUT2D eigenvalue weighted by molar-refractivity contribution is -0.118. The van der Waals surface area contributed by atoms with E-state index in [0.717, 1.165) is 10.5 Å². The second-order valence-corrected chi connectivity index (χ2v) is 6.63. The van der Waals surface area contributed by atoms with E-state index in [9.17, 15) is 13.6 Å². The zero-order valence-corrected chi connectivity index (χ0v) is 14.4. The third-order valence-corrected chi connectivity index (χ3v) is 4.54. The highest BCUT2D eigenvalue weighted by molar-refractivity contribution is 8.00. The molecule has 0 fully saturated rings. The molecule has 2 rings (SSSR count). The predicted molar refractivity (Wildman–Crippen MR) is 93.0 cm³/mol. The van der Waals surface area contributed by atoms with E-state index in [2.05, 4.69) is 5.32 Å². The molecule has 0 saturated carbocycles. The Kier molecular flexibility index (Phi) is 6.75. The molecule has 128 valence electrons. The molecule has 6 heteroatoms. The van der Waals surface area contributed by atoms with Crippen LogP contribution in [0.1, 0.15) is 11.6 Å². The van der Waals surface area contributed by atoms with Gasteiger partial charge in [-0.15, -0.1) is 11.8 Å². The van der Waals surface area contributed by atoms with Crippen LogP contribution in [-0.4, -0.2) is 37.2 Å². The summed E-state index contributed by atoms with van der Waals surface area (Å²) in [6.07, 6.45) is 0. The van der Waals surface area contributed by atoms with E-state index in [1.165, 1.54) is 36.0 Å². The number of likely N-dealkylation sites (N-methyl/N-ethyl adjacent to an activating group) is 1. The van der Waals surface area contributed by atoms with Gasteiger partial charge < -0.3 is 10.2 Å². The quantitative estimate of drug-likeness (QED) is 0.776. The summed E-state index contributed by atoms with van der Waals surface area (Å²) in [5, 5.41) is 2.87. The molecule has 0 aliphatic heterocycles. The molecule has 1 unspecified atom stereocenters. The predicted octanol–water partition coefficient (Wildman–Crippen LogP) is 3.48. The van der Waals surface area contributed by atoms with Crippen LogP contribution in [0.25, 0.3) is 0 Å². The number of carbonyl (C=O) groups excluding carboxylic acids is 1. The van der Waals surface area contributed by atoms with E-state index in [1.807, 2.05) is 25.1 Å². The Morgan fingerprint density at radius 3 is 2.46 bits per heavy atom. The number of nitrogens with zero attached hydrogens (tertiary/aromatic N) is 1. The minimum absolute atomic E-state index is 0.111. The van der Waals surface area contributed by atoms with Crippen molar-refractivity contribution in [1.82, 2.24) is 10.2 Å². The van der Waals surface area contributed by atoms with Gasteiger partial charge in [-0.1, -0.05) is 12.1 Å². The molecule has 0 radical (unpaired) electrons. The zero-order valence-electron chi connectivity index (χ0n) is 13.6. The molecule has 1 atom stereocenters. The Labute approximate surface area is 145 Å². The van der Waals surface area contributed by atoms with Crippen LogP contribution < -0.4 is 5.32 Å². The lowest BCUT2D eigenvalue weighted by Crippen LogP contribution is -2.35. The van der Waals surface area contributed by atoms with E-state index >= 15 is 0 Å². The van der Waals surface area contributed by atoms with Crippen molar-refractivity contribution in [3.63, 3.8) is 0 Å². The van der Waals surface area contributed by atoms with Crippen molar-refractivity contribution in [1.29, 1.82) is 0 Å². The first-order valence-electron chi connectivity index (χ1n) is 7.52. The summed E-state index contributed by atoms with van der Waals surface area (Å²) >= 11 is 1.34. The molecule has 1 amide bonds. The fraction of sp³-hybridized carbons (Fsp3) is 0.278. The maximum absolute atomic E-state index is 13.4. The molecular formula is C18H20F2N2OS. The SMILES string of the molecule is CN(C)C(CNC(=O)CSc1ccc(F)cc1)c1cccc(F)c1. The number of amides is 1. The topological polar surface area (TPSA) is 32.3 Å². The second-order valence-electron chi connectivity index (χ2n) is 5.58. The van der Waals surface area contributed by atoms with Crippen molar-refractivity contribution in [3.05, 3.63) is 65.7 Å². The summed E-state index contributed by atoms with van der Waals surface area (Å²) in [5.41, 5.74) is 0.812. The number of benzene rings is 2. The van der Waals surface area contributed by atoms with E-state index in [0.29, 0.717) is 6.54 Å². The number of thioether (sulfide) groups is 1. The molecule has 0 aliphatic rings. The number of hydrogen-bond donors (Lipinski definition) is 1. The average Bonchev–Trinajstić information content (AvgIpc) is 2.54. The molecule has 0 heterocycles. The van der Waals surface area contributed by atoms with Crippen molar-refractivity contribution in [2.75, 3.05) is 26.4 Å². The molecule has 0 spiro atoms. The lowest BCUT2D eigenvalue weighted by Gasteiger charge is -2.25. The first kappa shape index (κ1) is 18.4. The summed E-state index contributed by atoms with van der Waals surface area (Å²) in [5.74, 6) is -0.465. The monoisotopic (exact) mass is 350 g/mol. The Hall–Kier alpha value is -1.92. The van der Waals surface area contributed by atoms with Gasteiger partial charge in [0.25, 0.3) is 0 Å². The fourth-order valence-corrected chi connectivity index (χ4v) is 2.98. The number of hydrogen-bond acceptors (Lipinski definition) is 3. The van der Waals surface area contributed by atoms with Crippen LogP contribution in [0.5, 0.6) is 0 Å². The Morgan fingerprint density at radius 2 is 1.83 bits per heavy atom. The van der Waals surface area contributed by atoms with E-state index < -0.39 is 0 Å². The number of halogens is 2. The van der Waals surface area contributed by atoms with Crippen LogP contribution in [0.3, 0.4) is 0 Å². The molecule has 0 aliphatic carbocycles. The second kappa shape index (κ2) is 8.80. The highest BCUT2D eigenvalue weighted by Gasteiger charge is 2.16. The highest BCUT2D eigenvalue weighted by atomic mass is 32.2. The maximum Gasteiger partial charge on any atom is 0.230 e. The first-order valence-corrected chi connectivity index (χ1v) is 8.51. The van der Waals surface area contributed by atoms with Gasteiger partial charge >= 0.3 is 0 Å². The average molecular weight is 350 g/mol. The molecule has 1 N–H and O–H groups in total. The van der Waals surface area contributed by atoms with Gasteiger partial charge in [0.15, 0.2) is 0 Å². The summed E-state index contributed by atoms with van der Waals surface area (Å²) in [6.45, 7) is 0.388. The zero-order chi connectivity index (χ0) is 17.5. The summed E-state index contributed by atoms with van der Waals surface area (Å²) < 4.78 is 26.2. The van der Waals surface area contributed by atoms with Crippen molar-refractivity contribution < 1.29 is 13.6 Å². The molecule has 24 heavy (non-hydrogen) atoms. The molecule has 2 aromatic rings. The normalized spacial score (nSPS) is 12.2. The van der Waals surface area contributed by atoms with Gasteiger partial charge in [0.1, 0.15) is 11.6 Å². The molecule has 0 saturated heterocycles. The summed E-state index contributed by atoms with van der Waals surface area (Å²) in [7, 11) is 3.77. The van der Waals surface area contributed by atoms with E-state index in [4.69, 9.17) is 0 Å². The fourth-order valence-electron chi connectivity index (χ4n) is 2.25. The Bertz CT molecular complexity index is 677. The number of nitrogens with one attached hydrogen (secondary N) is 1. The molecular weight excluding hydrogens is 330 g/mol. The van der Waals surface area contributed by atoms with Crippen molar-refractivity contribution >= 4 is 17.7 Å².